The summed E-state index contributed by atoms with van der Waals surface area (Å²) in [5.41, 5.74) is 1.13. The zero-order valence-corrected chi connectivity index (χ0v) is 67.7. The Hall–Kier alpha value is -7.12. The minimum atomic E-state index is -1.57. The van der Waals surface area contributed by atoms with Crippen molar-refractivity contribution in [2.75, 3.05) is 35.0 Å². The van der Waals surface area contributed by atoms with E-state index in [1.54, 1.807) is 65.0 Å². The van der Waals surface area contributed by atoms with Gasteiger partial charge in [-0.1, -0.05) is 160 Å². The van der Waals surface area contributed by atoms with Gasteiger partial charge in [-0.05, 0) is 75.2 Å². The number of hydrogen-bond donors (Lipinski definition) is 11. The zero-order valence-electron chi connectivity index (χ0n) is 66.0. The molecule has 5 aromatic carbocycles. The molecule has 0 bridgehead atoms. The minimum Gasteiger partial charge on any atom is -0.467 e. The van der Waals surface area contributed by atoms with Gasteiger partial charge in [0.2, 0.25) is 0 Å². The maximum atomic E-state index is 12.6. The summed E-state index contributed by atoms with van der Waals surface area (Å²) in [6, 6.07) is 48.7. The first-order valence-corrected chi connectivity index (χ1v) is 39.2. The van der Waals surface area contributed by atoms with Gasteiger partial charge in [0.1, 0.15) is 84.1 Å². The summed E-state index contributed by atoms with van der Waals surface area (Å²) in [5.74, 6) is -5.50. The number of carbonyl (C=O) groups excluding carboxylic acids is 5. The molecule has 29 atom stereocenters. The van der Waals surface area contributed by atoms with E-state index in [9.17, 15) is 54.6 Å². The second-order valence-corrected chi connectivity index (χ2v) is 31.1. The molecule has 13 rings (SSSR count). The SMILES string of the molecule is CC1(C)O[C@H]2O[C@H](C=O)C(OCc3ccccc3)[C@@H]2O1.CC1(C)O[C@H]2O[C@H]([C@@H](O)C#N)C(OCc3ccccc3)[C@@H]2O1.COC(=O)C1OC(OC)C(O)[C@@H](C)[C@@H]1O.COC(=O)C1OC(Sc2ccccc2)C(O)[C@@H](C)[C@@H]1O.COC(=O)C1OC(Sc2ccccc2)C(OC(=O)c2ccccc2)[C@@H](C)[C@@H]1O.OCC1O[C@H](O)C(O)[C@@H](O)[C@@H]1O. The summed E-state index contributed by atoms with van der Waals surface area (Å²) in [6.45, 7) is 12.5. The number of aldehydes is 1. The highest BCUT2D eigenvalue weighted by Gasteiger charge is 2.59. The van der Waals surface area contributed by atoms with Gasteiger partial charge in [0.15, 0.2) is 67.4 Å². The van der Waals surface area contributed by atoms with Crippen LogP contribution < -0.4 is 0 Å². The molecule has 0 aliphatic carbocycles. The van der Waals surface area contributed by atoms with Crippen molar-refractivity contribution in [1.82, 2.24) is 0 Å². The molecule has 11 N–H and O–H groups in total. The molecule has 8 fully saturated rings. The van der Waals surface area contributed by atoms with Crippen LogP contribution in [0.1, 0.15) is 70.0 Å². The number of esters is 4. The third kappa shape index (κ3) is 25.5. The third-order valence-corrected chi connectivity index (χ3v) is 22.0. The van der Waals surface area contributed by atoms with Gasteiger partial charge >= 0.3 is 23.9 Å². The smallest absolute Gasteiger partial charge is 0.338 e. The monoisotopic (exact) mass is 1680 g/mol. The van der Waals surface area contributed by atoms with Crippen molar-refractivity contribution in [3.8, 4) is 6.07 Å². The molecule has 0 spiro atoms. The van der Waals surface area contributed by atoms with Gasteiger partial charge in [0.25, 0.3) is 0 Å². The predicted molar refractivity (Wildman–Crippen MR) is 408 cm³/mol. The molecule has 644 valence electrons. The first-order valence-electron chi connectivity index (χ1n) is 37.4. The molecular weight excluding hydrogens is 1580 g/mol. The van der Waals surface area contributed by atoms with Crippen molar-refractivity contribution in [2.45, 2.75) is 241 Å². The number of hydrogen-bond acceptors (Lipinski definition) is 36. The van der Waals surface area contributed by atoms with Gasteiger partial charge in [-0.15, -0.1) is 0 Å². The van der Waals surface area contributed by atoms with Gasteiger partial charge in [0.05, 0.1) is 77.2 Å². The molecule has 8 saturated heterocycles. The van der Waals surface area contributed by atoms with E-state index in [-0.39, 0.29) is 6.10 Å². The van der Waals surface area contributed by atoms with Crippen LogP contribution in [0.25, 0.3) is 0 Å². The Morgan fingerprint density at radius 1 is 0.487 bits per heavy atom. The first-order chi connectivity index (χ1) is 55.7. The number of methoxy groups -OCH3 is 4. The van der Waals surface area contributed by atoms with Crippen LogP contribution in [0, 0.1) is 29.1 Å². The number of rotatable bonds is 19. The van der Waals surface area contributed by atoms with E-state index in [1.165, 1.54) is 52.0 Å². The molecule has 0 amide bonds. The van der Waals surface area contributed by atoms with Crippen LogP contribution in [0.5, 0.6) is 0 Å². The summed E-state index contributed by atoms with van der Waals surface area (Å²) in [7, 11) is 5.04. The molecule has 36 heteroatoms. The molecule has 34 nitrogen and oxygen atoms in total. The number of thioether (sulfide) groups is 2. The fourth-order valence-corrected chi connectivity index (χ4v) is 15.4. The molecule has 0 saturated carbocycles. The van der Waals surface area contributed by atoms with Crippen LogP contribution in [0.3, 0.4) is 0 Å². The predicted octanol–water partition coefficient (Wildman–Crippen LogP) is 2.58. The van der Waals surface area contributed by atoms with Crippen LogP contribution in [0.2, 0.25) is 0 Å². The van der Waals surface area contributed by atoms with Gasteiger partial charge in [-0.3, -0.25) is 0 Å². The van der Waals surface area contributed by atoms with E-state index in [2.05, 4.69) is 14.2 Å². The Morgan fingerprint density at radius 2 is 0.906 bits per heavy atom. The van der Waals surface area contributed by atoms with Crippen molar-refractivity contribution < 1.29 is 161 Å². The van der Waals surface area contributed by atoms with E-state index < -0.39 is 212 Å². The molecule has 8 aliphatic heterocycles. The molecule has 13 unspecified atom stereocenters. The van der Waals surface area contributed by atoms with Crippen LogP contribution in [0.15, 0.2) is 161 Å². The third-order valence-electron chi connectivity index (χ3n) is 19.7. The Morgan fingerprint density at radius 3 is 1.37 bits per heavy atom. The summed E-state index contributed by atoms with van der Waals surface area (Å²) in [4.78, 5) is 60.4. The minimum absolute atomic E-state index is 0.344. The Balaban J connectivity index is 0.000000178. The van der Waals surface area contributed by atoms with Crippen molar-refractivity contribution in [3.63, 3.8) is 0 Å². The molecule has 0 aromatic heterocycles. The van der Waals surface area contributed by atoms with Gasteiger partial charge in [0, 0.05) is 34.7 Å². The second kappa shape index (κ2) is 45.0. The first kappa shape index (κ1) is 95.4. The Kier molecular flexibility index (Phi) is 36.6. The van der Waals surface area contributed by atoms with Gasteiger partial charge in [-0.2, -0.15) is 5.26 Å². The number of ether oxygens (including phenoxy) is 17. The summed E-state index contributed by atoms with van der Waals surface area (Å²) in [6.07, 6.45) is -22.2. The molecule has 8 aliphatic rings. The maximum absolute atomic E-state index is 12.6. The zero-order chi connectivity index (χ0) is 85.6. The van der Waals surface area contributed by atoms with E-state index in [1.807, 2.05) is 141 Å². The lowest BCUT2D eigenvalue weighted by Crippen LogP contribution is -2.58. The number of benzene rings is 5. The van der Waals surface area contributed by atoms with Crippen molar-refractivity contribution in [2.24, 2.45) is 17.8 Å². The number of nitrogens with zero attached hydrogens (tertiary/aromatic N) is 1. The fourth-order valence-electron chi connectivity index (χ4n) is 13.0. The number of aliphatic hydroxyl groups is 11. The largest absolute Gasteiger partial charge is 0.467 e. The summed E-state index contributed by atoms with van der Waals surface area (Å²) >= 11 is 2.65. The lowest BCUT2D eigenvalue weighted by atomic mass is 9.91. The maximum Gasteiger partial charge on any atom is 0.338 e. The standard InChI is InChI=1S/C21H22O6S.C16H19NO5.C15H18O5.C14H18O5S.C9H16O6.C6H12O6/c1-13-16(22)18(20(24)25-2)27-21(28-15-11-7-4-8-12-15)17(13)26-19(23)14-9-5-3-6-10-14;1-16(2)21-14-13(19-9-10-6-4-3-5-7-10)12(11(18)8-17)20-15(14)22-16;1-15(2)19-13-12(11(8-16)18-14(13)20-15)17-9-10-6-4-3-5-7-10;1-8-10(15)12(13(17)18-2)19-14(11(8)16)20-9-6-4-3-5-7-9;1-4-5(10)7(8(12)13-2)15-9(14-3)6(4)11;7-1-2-3(8)4(9)5(10)6(11)12-2/h3-13,16-18,21-22H,1-2H3;3-7,11-15,18H,9H2,1-2H3;3-8,11-14H,9H2,1-2H3;3-8,10-12,14-16H,1-2H3;4-7,9-11H,1-3H3;2-11H,1H2/t13-,16-,17?,18?,21?;11-,12+,13?,14-,15+;11-,12?,13+,14-;8-,10-,11?,12?,14?;4-,5-,6?,7?,9?;2?,3-,4+,5?,6+/m001001/s1. The van der Waals surface area contributed by atoms with Crippen LogP contribution in [0.4, 0.5) is 0 Å². The highest BCUT2D eigenvalue weighted by atomic mass is 32.2. The fraction of sp³-hybridized carbons (Fsp3) is 0.556. The van der Waals surface area contributed by atoms with Crippen LogP contribution in [-0.4, -0.2) is 291 Å². The summed E-state index contributed by atoms with van der Waals surface area (Å²) < 4.78 is 91.2. The second-order valence-electron chi connectivity index (χ2n) is 28.8. The Bertz CT molecular complexity index is 3880. The lowest BCUT2D eigenvalue weighted by Gasteiger charge is -2.41. The van der Waals surface area contributed by atoms with E-state index in [0.29, 0.717) is 18.8 Å². The number of carbonyl (C=O) groups is 5. The van der Waals surface area contributed by atoms with E-state index in [4.69, 9.17) is 97.1 Å². The number of fused-ring (bicyclic) bond motifs is 2. The van der Waals surface area contributed by atoms with Crippen molar-refractivity contribution in [3.05, 3.63) is 168 Å². The molecule has 8 heterocycles. The normalized spacial score (nSPS) is 34.9. The van der Waals surface area contributed by atoms with Crippen molar-refractivity contribution >= 4 is 53.7 Å². The highest BCUT2D eigenvalue weighted by molar-refractivity contribution is 8.00. The molecular formula is C81H105NO33S2. The number of aliphatic hydroxyl groups excluding tert-OH is 11. The molecule has 5 aromatic rings. The average Bonchev–Trinajstić information content (AvgIpc) is 1.38. The van der Waals surface area contributed by atoms with Crippen LogP contribution in [-0.2, 0) is 113 Å². The number of nitriles is 1. The topological polar surface area (TPSA) is 489 Å². The average molecular weight is 1680 g/mol. The summed E-state index contributed by atoms with van der Waals surface area (Å²) in [5, 5.41) is 113. The molecule has 117 heavy (non-hydrogen) atoms. The van der Waals surface area contributed by atoms with Gasteiger partial charge < -0.3 is 141 Å². The quantitative estimate of drug-likeness (QED) is 0.0245. The Labute approximate surface area is 684 Å². The van der Waals surface area contributed by atoms with Crippen LogP contribution >= 0.6 is 23.5 Å². The highest BCUT2D eigenvalue weighted by Crippen LogP contribution is 2.43. The lowest BCUT2D eigenvalue weighted by molar-refractivity contribution is -0.286. The van der Waals surface area contributed by atoms with E-state index in [0.717, 1.165) is 27.2 Å². The van der Waals surface area contributed by atoms with E-state index >= 15 is 0 Å². The van der Waals surface area contributed by atoms with Gasteiger partial charge in [-0.25, -0.2) is 19.2 Å². The van der Waals surface area contributed by atoms with Crippen molar-refractivity contribution in [1.29, 1.82) is 5.26 Å². The molecule has 0 radical (unpaired) electrons.